The van der Waals surface area contributed by atoms with Crippen molar-refractivity contribution in [3.05, 3.63) is 89.8 Å². The number of aliphatic imine (C=N–C) groups is 1. The lowest BCUT2D eigenvalue weighted by molar-refractivity contribution is 0.486. The van der Waals surface area contributed by atoms with E-state index in [0.717, 1.165) is 36.9 Å². The molecule has 0 bridgehead atoms. The molecule has 0 aliphatic carbocycles. The zero-order valence-electron chi connectivity index (χ0n) is 18.6. The summed E-state index contributed by atoms with van der Waals surface area (Å²) >= 11 is 1.81. The Morgan fingerprint density at radius 3 is 2.74 bits per heavy atom. The molecule has 0 fully saturated rings. The molecular formula is C25H32N4OS. The number of allylic oxidation sites excluding steroid dienone is 3. The minimum absolute atomic E-state index is 0.378. The lowest BCUT2D eigenvalue weighted by atomic mass is 10.0. The molecule has 0 amide bonds. The standard InChI is InChI=1S/C25H32N4OS/c1-5-17-31-20(4)24(6-2)22(18-26-7-3)15-16-27-23-13-11-21(12-14-23)9-8-10-25-29-28-19-30-25/h5,7,11-20,27H,3,6,8-10H2,1-2,4H3/b16-15+,17-5-,24-22+,26-18?. The van der Waals surface area contributed by atoms with Crippen molar-refractivity contribution in [2.75, 3.05) is 5.32 Å². The van der Waals surface area contributed by atoms with Gasteiger partial charge in [0.25, 0.3) is 0 Å². The summed E-state index contributed by atoms with van der Waals surface area (Å²) in [5, 5.41) is 13.5. The third kappa shape index (κ3) is 8.80. The van der Waals surface area contributed by atoms with Crippen LogP contribution in [0.2, 0.25) is 0 Å². The molecule has 0 aliphatic rings. The van der Waals surface area contributed by atoms with E-state index in [1.54, 1.807) is 6.20 Å². The van der Waals surface area contributed by atoms with Crippen LogP contribution in [0.25, 0.3) is 0 Å². The van der Waals surface area contributed by atoms with Gasteiger partial charge >= 0.3 is 0 Å². The molecule has 1 aromatic carbocycles. The van der Waals surface area contributed by atoms with Crippen molar-refractivity contribution in [2.24, 2.45) is 4.99 Å². The second-order valence-electron chi connectivity index (χ2n) is 6.90. The zero-order valence-corrected chi connectivity index (χ0v) is 19.4. The smallest absolute Gasteiger partial charge is 0.216 e. The van der Waals surface area contributed by atoms with Crippen LogP contribution in [-0.2, 0) is 12.8 Å². The highest BCUT2D eigenvalue weighted by atomic mass is 32.2. The van der Waals surface area contributed by atoms with Crippen LogP contribution in [0.1, 0.15) is 45.1 Å². The van der Waals surface area contributed by atoms with Crippen LogP contribution in [0.3, 0.4) is 0 Å². The highest BCUT2D eigenvalue weighted by Crippen LogP contribution is 2.25. The average molecular weight is 437 g/mol. The molecular weight excluding hydrogens is 404 g/mol. The van der Waals surface area contributed by atoms with Gasteiger partial charge in [-0.15, -0.1) is 22.0 Å². The van der Waals surface area contributed by atoms with E-state index in [1.807, 2.05) is 31.1 Å². The van der Waals surface area contributed by atoms with Gasteiger partial charge in [0, 0.05) is 36.0 Å². The van der Waals surface area contributed by atoms with Gasteiger partial charge in [0.05, 0.1) is 0 Å². The molecule has 2 rings (SSSR count). The first kappa shape index (κ1) is 24.4. The fraction of sp³-hybridized carbons (Fsp3) is 0.320. The van der Waals surface area contributed by atoms with Crippen LogP contribution in [-0.4, -0.2) is 21.7 Å². The average Bonchev–Trinajstić information content (AvgIpc) is 3.30. The van der Waals surface area contributed by atoms with Gasteiger partial charge in [-0.1, -0.05) is 31.7 Å². The Bertz CT molecular complexity index is 896. The van der Waals surface area contributed by atoms with Gasteiger partial charge in [0.1, 0.15) is 0 Å². The van der Waals surface area contributed by atoms with Crippen molar-refractivity contribution in [2.45, 2.75) is 51.7 Å². The first-order valence-electron chi connectivity index (χ1n) is 10.6. The van der Waals surface area contributed by atoms with E-state index in [-0.39, 0.29) is 0 Å². The fourth-order valence-electron chi connectivity index (χ4n) is 3.11. The normalized spacial score (nSPS) is 13.8. The number of hydrogen-bond donors (Lipinski definition) is 1. The van der Waals surface area contributed by atoms with Crippen LogP contribution in [0.5, 0.6) is 0 Å². The molecule has 1 heterocycles. The molecule has 0 aliphatic heterocycles. The maximum atomic E-state index is 5.17. The van der Waals surface area contributed by atoms with Gasteiger partial charge in [-0.2, -0.15) is 0 Å². The van der Waals surface area contributed by atoms with E-state index in [1.165, 1.54) is 17.5 Å². The quantitative estimate of drug-likeness (QED) is 0.278. The number of thioether (sulfide) groups is 1. The monoisotopic (exact) mass is 436 g/mol. The number of anilines is 1. The maximum absolute atomic E-state index is 5.17. The van der Waals surface area contributed by atoms with Crippen molar-refractivity contribution in [1.82, 2.24) is 10.2 Å². The third-order valence-corrected chi connectivity index (χ3v) is 5.83. The van der Waals surface area contributed by atoms with Crippen LogP contribution >= 0.6 is 11.8 Å². The molecule has 6 heteroatoms. The van der Waals surface area contributed by atoms with Gasteiger partial charge < -0.3 is 9.73 Å². The van der Waals surface area contributed by atoms with Crippen molar-refractivity contribution in [1.29, 1.82) is 0 Å². The molecule has 5 nitrogen and oxygen atoms in total. The van der Waals surface area contributed by atoms with Crippen molar-refractivity contribution >= 4 is 23.7 Å². The first-order valence-corrected chi connectivity index (χ1v) is 11.5. The van der Waals surface area contributed by atoms with Gasteiger partial charge in [0.2, 0.25) is 12.3 Å². The summed E-state index contributed by atoms with van der Waals surface area (Å²) in [6.07, 6.45) is 14.7. The molecule has 1 unspecified atom stereocenters. The summed E-state index contributed by atoms with van der Waals surface area (Å²) in [5.41, 5.74) is 4.79. The predicted molar refractivity (Wildman–Crippen MR) is 133 cm³/mol. The molecule has 0 spiro atoms. The van der Waals surface area contributed by atoms with Crippen LogP contribution in [0.15, 0.2) is 87.8 Å². The summed E-state index contributed by atoms with van der Waals surface area (Å²) in [5.74, 6) is 0.692. The number of aromatic nitrogens is 2. The largest absolute Gasteiger partial charge is 0.428 e. The van der Waals surface area contributed by atoms with Crippen LogP contribution < -0.4 is 5.32 Å². The summed E-state index contributed by atoms with van der Waals surface area (Å²) in [6, 6.07) is 8.48. The summed E-state index contributed by atoms with van der Waals surface area (Å²) in [4.78, 5) is 4.25. The third-order valence-electron chi connectivity index (χ3n) is 4.71. The van der Waals surface area contributed by atoms with E-state index in [2.05, 4.69) is 82.8 Å². The second kappa shape index (κ2) is 14.2. The number of nitrogens with zero attached hydrogens (tertiary/aromatic N) is 3. The molecule has 1 aromatic heterocycles. The molecule has 0 saturated carbocycles. The van der Waals surface area contributed by atoms with Crippen LogP contribution in [0, 0.1) is 0 Å². The maximum Gasteiger partial charge on any atom is 0.216 e. The Labute approximate surface area is 190 Å². The minimum atomic E-state index is 0.378. The number of nitrogens with one attached hydrogen (secondary N) is 1. The van der Waals surface area contributed by atoms with E-state index in [4.69, 9.17) is 4.42 Å². The Morgan fingerprint density at radius 2 is 2.10 bits per heavy atom. The summed E-state index contributed by atoms with van der Waals surface area (Å²) in [6.45, 7) is 10.1. The highest BCUT2D eigenvalue weighted by molar-refractivity contribution is 8.02. The summed E-state index contributed by atoms with van der Waals surface area (Å²) < 4.78 is 5.17. The van der Waals surface area contributed by atoms with Gasteiger partial charge in [-0.3, -0.25) is 4.99 Å². The Kier molecular flexibility index (Phi) is 11.2. The van der Waals surface area contributed by atoms with E-state index in [0.29, 0.717) is 11.1 Å². The van der Waals surface area contributed by atoms with E-state index in [9.17, 15) is 0 Å². The molecule has 1 N–H and O–H groups in total. The molecule has 0 saturated heterocycles. The van der Waals surface area contributed by atoms with Gasteiger partial charge in [-0.25, -0.2) is 0 Å². The first-order chi connectivity index (χ1) is 15.2. The number of rotatable bonds is 13. The van der Waals surface area contributed by atoms with E-state index >= 15 is 0 Å². The number of benzene rings is 1. The molecule has 164 valence electrons. The van der Waals surface area contributed by atoms with Crippen molar-refractivity contribution in [3.63, 3.8) is 0 Å². The Balaban J connectivity index is 1.98. The lowest BCUT2D eigenvalue weighted by Crippen LogP contribution is -2.04. The predicted octanol–water partition coefficient (Wildman–Crippen LogP) is 6.75. The van der Waals surface area contributed by atoms with Gasteiger partial charge in [0.15, 0.2) is 0 Å². The van der Waals surface area contributed by atoms with Crippen molar-refractivity contribution < 1.29 is 4.42 Å². The van der Waals surface area contributed by atoms with Gasteiger partial charge in [-0.05, 0) is 73.4 Å². The van der Waals surface area contributed by atoms with E-state index < -0.39 is 0 Å². The molecule has 1 atom stereocenters. The minimum Gasteiger partial charge on any atom is -0.428 e. The highest BCUT2D eigenvalue weighted by Gasteiger charge is 2.10. The molecule has 2 aromatic rings. The number of aryl methyl sites for hydroxylation is 2. The fourth-order valence-corrected chi connectivity index (χ4v) is 3.97. The topological polar surface area (TPSA) is 63.3 Å². The lowest BCUT2D eigenvalue weighted by Gasteiger charge is -2.15. The Hall–Kier alpha value is -2.86. The zero-order chi connectivity index (χ0) is 22.3. The van der Waals surface area contributed by atoms with Crippen LogP contribution in [0.4, 0.5) is 5.69 Å². The molecule has 31 heavy (non-hydrogen) atoms. The molecule has 0 radical (unpaired) electrons. The summed E-state index contributed by atoms with van der Waals surface area (Å²) in [7, 11) is 0. The Morgan fingerprint density at radius 1 is 1.29 bits per heavy atom. The second-order valence-corrected chi connectivity index (χ2v) is 8.15. The SMILES string of the molecule is C=CN=CC(/C=C/Nc1ccc(CCCc2nnco2)cc1)=C(\CC)C(C)S/C=C\C. The van der Waals surface area contributed by atoms with Crippen molar-refractivity contribution in [3.8, 4) is 0 Å². The number of hydrogen-bond acceptors (Lipinski definition) is 6.